The van der Waals surface area contributed by atoms with Crippen LogP contribution < -0.4 is 10.2 Å². The van der Waals surface area contributed by atoms with E-state index in [-0.39, 0.29) is 12.3 Å². The fourth-order valence-electron chi connectivity index (χ4n) is 2.89. The molecule has 0 saturated heterocycles. The summed E-state index contributed by atoms with van der Waals surface area (Å²) in [6, 6.07) is 13.1. The van der Waals surface area contributed by atoms with Gasteiger partial charge in [0.25, 0.3) is 0 Å². The number of carbonyl (C=O) groups excluding carboxylic acids is 2. The lowest BCUT2D eigenvalue weighted by molar-refractivity contribution is -0.137. The third-order valence-electron chi connectivity index (χ3n) is 4.21. The minimum atomic E-state index is -4.70. The van der Waals surface area contributed by atoms with Crippen molar-refractivity contribution in [3.63, 3.8) is 0 Å². The Kier molecular flexibility index (Phi) is 7.86. The van der Waals surface area contributed by atoms with Crippen molar-refractivity contribution in [2.45, 2.75) is 39.9 Å². The Balaban J connectivity index is 2.36. The number of hydrogen-bond donors (Lipinski definition) is 1. The molecule has 0 fully saturated rings. The van der Waals surface area contributed by atoms with Crippen LogP contribution in [-0.4, -0.2) is 18.6 Å². The second kappa shape index (κ2) is 10.1. The molecule has 0 aliphatic heterocycles. The van der Waals surface area contributed by atoms with E-state index < -0.39 is 29.5 Å². The van der Waals surface area contributed by atoms with Gasteiger partial charge in [-0.15, -0.1) is 0 Å². The molecule has 0 aliphatic carbocycles. The molecule has 1 N–H and O–H groups in total. The number of anilines is 2. The highest BCUT2D eigenvalue weighted by Crippen LogP contribution is 2.38. The van der Waals surface area contributed by atoms with Crippen molar-refractivity contribution in [1.82, 2.24) is 0 Å². The third kappa shape index (κ3) is 6.79. The molecule has 0 aromatic heterocycles. The number of esters is 1. The topological polar surface area (TPSA) is 58.6 Å². The Bertz CT molecular complexity index is 868. The summed E-state index contributed by atoms with van der Waals surface area (Å²) >= 11 is 0. The summed E-state index contributed by atoms with van der Waals surface area (Å²) in [5.41, 5.74) is -0.133. The Hall–Kier alpha value is -3.03. The SMILES string of the molecule is CCC(=O)OC(=O)Nc1ccc(N(Cc2ccccc2)CC(C)C)cc1C(F)(F)F. The van der Waals surface area contributed by atoms with E-state index in [0.717, 1.165) is 11.6 Å². The van der Waals surface area contributed by atoms with E-state index in [1.807, 2.05) is 54.4 Å². The van der Waals surface area contributed by atoms with Gasteiger partial charge in [0.15, 0.2) is 0 Å². The summed E-state index contributed by atoms with van der Waals surface area (Å²) in [7, 11) is 0. The quantitative estimate of drug-likeness (QED) is 0.449. The zero-order chi connectivity index (χ0) is 22.3. The first-order valence-corrected chi connectivity index (χ1v) is 9.62. The number of ether oxygens (including phenoxy) is 1. The van der Waals surface area contributed by atoms with Gasteiger partial charge in [0.1, 0.15) is 0 Å². The number of halogens is 3. The molecule has 1 amide bonds. The van der Waals surface area contributed by atoms with E-state index in [4.69, 9.17) is 0 Å². The Morgan fingerprint density at radius 3 is 2.33 bits per heavy atom. The van der Waals surface area contributed by atoms with E-state index >= 15 is 0 Å². The summed E-state index contributed by atoms with van der Waals surface area (Å²) in [5.74, 6) is -0.612. The lowest BCUT2D eigenvalue weighted by Crippen LogP contribution is -2.28. The highest BCUT2D eigenvalue weighted by Gasteiger charge is 2.35. The average molecular weight is 422 g/mol. The highest BCUT2D eigenvalue weighted by molar-refractivity contribution is 5.93. The zero-order valence-corrected chi connectivity index (χ0v) is 17.1. The van der Waals surface area contributed by atoms with Crippen LogP contribution in [0.4, 0.5) is 29.3 Å². The second-order valence-electron chi connectivity index (χ2n) is 7.23. The van der Waals surface area contributed by atoms with E-state index in [0.29, 0.717) is 18.8 Å². The van der Waals surface area contributed by atoms with Crippen molar-refractivity contribution in [3.05, 3.63) is 59.7 Å². The van der Waals surface area contributed by atoms with Crippen LogP contribution in [0.1, 0.15) is 38.3 Å². The number of nitrogens with zero attached hydrogens (tertiary/aromatic N) is 1. The van der Waals surface area contributed by atoms with E-state index in [9.17, 15) is 22.8 Å². The predicted molar refractivity (Wildman–Crippen MR) is 109 cm³/mol. The van der Waals surface area contributed by atoms with Crippen LogP contribution >= 0.6 is 0 Å². The van der Waals surface area contributed by atoms with Crippen molar-refractivity contribution in [2.24, 2.45) is 5.92 Å². The molecule has 0 saturated carbocycles. The number of benzene rings is 2. The first-order chi connectivity index (χ1) is 14.1. The second-order valence-corrected chi connectivity index (χ2v) is 7.23. The van der Waals surface area contributed by atoms with Gasteiger partial charge < -0.3 is 9.64 Å². The van der Waals surface area contributed by atoms with Crippen LogP contribution in [0.2, 0.25) is 0 Å². The minimum absolute atomic E-state index is 0.0673. The first-order valence-electron chi connectivity index (χ1n) is 9.62. The van der Waals surface area contributed by atoms with Gasteiger partial charge in [-0.05, 0) is 29.7 Å². The summed E-state index contributed by atoms with van der Waals surface area (Å²) < 4.78 is 45.5. The third-order valence-corrected chi connectivity index (χ3v) is 4.21. The molecule has 0 bridgehead atoms. The van der Waals surface area contributed by atoms with Gasteiger partial charge in [0, 0.05) is 25.2 Å². The molecule has 0 heterocycles. The number of carbonyl (C=O) groups is 2. The molecule has 0 atom stereocenters. The fourth-order valence-corrected chi connectivity index (χ4v) is 2.89. The lowest BCUT2D eigenvalue weighted by atomic mass is 10.1. The monoisotopic (exact) mass is 422 g/mol. The van der Waals surface area contributed by atoms with Crippen LogP contribution in [0.3, 0.4) is 0 Å². The number of alkyl halides is 3. The molecule has 8 heteroatoms. The smallest absolute Gasteiger partial charge is 0.376 e. The Morgan fingerprint density at radius 1 is 1.10 bits per heavy atom. The lowest BCUT2D eigenvalue weighted by Gasteiger charge is -2.28. The van der Waals surface area contributed by atoms with Crippen molar-refractivity contribution < 1.29 is 27.5 Å². The molecule has 162 valence electrons. The van der Waals surface area contributed by atoms with Crippen molar-refractivity contribution >= 4 is 23.4 Å². The maximum atomic E-state index is 13.7. The van der Waals surface area contributed by atoms with Crippen LogP contribution in [0.5, 0.6) is 0 Å². The molecule has 2 aromatic rings. The van der Waals surface area contributed by atoms with Gasteiger partial charge in [-0.2, -0.15) is 13.2 Å². The standard InChI is InChI=1S/C22H25F3N2O3/c1-4-20(28)30-21(29)26-19-11-10-17(12-18(19)22(23,24)25)27(13-15(2)3)14-16-8-6-5-7-9-16/h5-12,15H,4,13-14H2,1-3H3,(H,26,29). The Morgan fingerprint density at radius 2 is 1.77 bits per heavy atom. The zero-order valence-electron chi connectivity index (χ0n) is 17.1. The van der Waals surface area contributed by atoms with Gasteiger partial charge in [-0.25, -0.2) is 4.79 Å². The first kappa shape index (κ1) is 23.3. The number of amides is 1. The molecular formula is C22H25F3N2O3. The molecule has 30 heavy (non-hydrogen) atoms. The van der Waals surface area contributed by atoms with Crippen molar-refractivity contribution in [1.29, 1.82) is 0 Å². The molecule has 5 nitrogen and oxygen atoms in total. The molecule has 2 aromatic carbocycles. The summed E-state index contributed by atoms with van der Waals surface area (Å²) in [4.78, 5) is 24.8. The number of nitrogens with one attached hydrogen (secondary N) is 1. The maximum Gasteiger partial charge on any atom is 0.419 e. The minimum Gasteiger partial charge on any atom is -0.376 e. The van der Waals surface area contributed by atoms with Crippen molar-refractivity contribution in [2.75, 3.05) is 16.8 Å². The fraction of sp³-hybridized carbons (Fsp3) is 0.364. The van der Waals surface area contributed by atoms with Crippen molar-refractivity contribution in [3.8, 4) is 0 Å². The van der Waals surface area contributed by atoms with Crippen LogP contribution in [-0.2, 0) is 22.3 Å². The highest BCUT2D eigenvalue weighted by atomic mass is 19.4. The average Bonchev–Trinajstić information content (AvgIpc) is 2.67. The molecule has 2 rings (SSSR count). The van der Waals surface area contributed by atoms with Crippen LogP contribution in [0.25, 0.3) is 0 Å². The molecule has 0 aliphatic rings. The van der Waals surface area contributed by atoms with Gasteiger partial charge in [0.2, 0.25) is 0 Å². The molecule has 0 unspecified atom stereocenters. The van der Waals surface area contributed by atoms with E-state index in [2.05, 4.69) is 4.74 Å². The number of rotatable bonds is 7. The van der Waals surface area contributed by atoms with Crippen LogP contribution in [0, 0.1) is 5.92 Å². The van der Waals surface area contributed by atoms with Gasteiger partial charge >= 0.3 is 18.2 Å². The van der Waals surface area contributed by atoms with E-state index in [1.54, 1.807) is 0 Å². The predicted octanol–water partition coefficient (Wildman–Crippen LogP) is 5.85. The van der Waals surface area contributed by atoms with Gasteiger partial charge in [0.05, 0.1) is 11.3 Å². The summed E-state index contributed by atoms with van der Waals surface area (Å²) in [5, 5.41) is 2.02. The van der Waals surface area contributed by atoms with Gasteiger partial charge in [-0.3, -0.25) is 10.1 Å². The summed E-state index contributed by atoms with van der Waals surface area (Å²) in [6.07, 6.45) is -6.02. The van der Waals surface area contributed by atoms with Gasteiger partial charge in [-0.1, -0.05) is 51.1 Å². The Labute approximate surface area is 173 Å². The maximum absolute atomic E-state index is 13.7. The summed E-state index contributed by atoms with van der Waals surface area (Å²) in [6.45, 7) is 6.43. The normalized spacial score (nSPS) is 11.3. The molecular weight excluding hydrogens is 397 g/mol. The van der Waals surface area contributed by atoms with Crippen LogP contribution in [0.15, 0.2) is 48.5 Å². The van der Waals surface area contributed by atoms with E-state index in [1.165, 1.54) is 19.1 Å². The molecule has 0 spiro atoms. The largest absolute Gasteiger partial charge is 0.419 e. The molecule has 0 radical (unpaired) electrons. The number of hydrogen-bond acceptors (Lipinski definition) is 4.